The number of amides is 1. The number of rotatable bonds is 9. The Morgan fingerprint density at radius 3 is 1.53 bits per heavy atom. The van der Waals surface area contributed by atoms with Crippen LogP contribution in [0.3, 0.4) is 0 Å². The second kappa shape index (κ2) is 12.6. The third-order valence-electron chi connectivity index (χ3n) is 4.83. The highest BCUT2D eigenvalue weighted by Crippen LogP contribution is 2.19. The van der Waals surface area contributed by atoms with Crippen molar-refractivity contribution in [2.24, 2.45) is 0 Å². The van der Waals surface area contributed by atoms with Gasteiger partial charge in [0.2, 0.25) is 0 Å². The maximum Gasteiger partial charge on any atom is 0.331 e. The van der Waals surface area contributed by atoms with Crippen molar-refractivity contribution in [2.45, 2.75) is 13.2 Å². The molecular formula is C28H25NO5. The number of ether oxygens (including phenoxy) is 2. The molecule has 3 aromatic rings. The Labute approximate surface area is 198 Å². The number of hydrogen-bond donors (Lipinski definition) is 1. The molecule has 0 bridgehead atoms. The molecule has 0 spiro atoms. The van der Waals surface area contributed by atoms with Gasteiger partial charge in [-0.05, 0) is 34.4 Å². The van der Waals surface area contributed by atoms with Crippen molar-refractivity contribution in [3.63, 3.8) is 0 Å². The van der Waals surface area contributed by atoms with E-state index in [0.29, 0.717) is 16.7 Å². The summed E-state index contributed by atoms with van der Waals surface area (Å²) in [6, 6.07) is 23.8. The van der Waals surface area contributed by atoms with Crippen molar-refractivity contribution in [3.05, 3.63) is 119 Å². The summed E-state index contributed by atoms with van der Waals surface area (Å²) in [5.74, 6) is -1.41. The second-order valence-corrected chi connectivity index (χ2v) is 7.24. The van der Waals surface area contributed by atoms with Crippen LogP contribution in [0.25, 0.3) is 12.2 Å². The largest absolute Gasteiger partial charge is 0.458 e. The minimum absolute atomic E-state index is 0.153. The maximum absolute atomic E-state index is 12.6. The fourth-order valence-corrected chi connectivity index (χ4v) is 3.12. The van der Waals surface area contributed by atoms with Gasteiger partial charge in [-0.3, -0.25) is 4.79 Å². The van der Waals surface area contributed by atoms with E-state index in [-0.39, 0.29) is 19.1 Å². The van der Waals surface area contributed by atoms with E-state index in [2.05, 4.69) is 5.32 Å². The lowest BCUT2D eigenvalue weighted by molar-refractivity contribution is -0.139. The number of esters is 2. The van der Waals surface area contributed by atoms with Gasteiger partial charge in [0.1, 0.15) is 13.2 Å². The van der Waals surface area contributed by atoms with E-state index in [9.17, 15) is 14.4 Å². The van der Waals surface area contributed by atoms with E-state index in [0.717, 1.165) is 11.1 Å². The second-order valence-electron chi connectivity index (χ2n) is 7.24. The summed E-state index contributed by atoms with van der Waals surface area (Å²) in [5, 5.41) is 2.59. The Hall–Kier alpha value is -4.45. The molecule has 0 saturated carbocycles. The highest BCUT2D eigenvalue weighted by Gasteiger charge is 2.13. The first-order valence-electron chi connectivity index (χ1n) is 10.7. The van der Waals surface area contributed by atoms with Crippen molar-refractivity contribution >= 4 is 30.0 Å². The lowest BCUT2D eigenvalue weighted by Crippen LogP contribution is -2.20. The fourth-order valence-electron chi connectivity index (χ4n) is 3.12. The lowest BCUT2D eigenvalue weighted by atomic mass is 9.99. The molecule has 3 aromatic carbocycles. The number of carbonyl (C=O) groups is 3. The number of nitrogens with one attached hydrogen (secondary N) is 1. The van der Waals surface area contributed by atoms with Crippen LogP contribution in [0.1, 0.15) is 32.6 Å². The molecule has 0 aromatic heterocycles. The fraction of sp³-hybridized carbons (Fsp3) is 0.107. The zero-order valence-electron chi connectivity index (χ0n) is 18.8. The topological polar surface area (TPSA) is 81.7 Å². The Morgan fingerprint density at radius 2 is 1.12 bits per heavy atom. The van der Waals surface area contributed by atoms with Gasteiger partial charge in [0.25, 0.3) is 5.91 Å². The molecule has 34 heavy (non-hydrogen) atoms. The van der Waals surface area contributed by atoms with E-state index in [1.165, 1.54) is 31.4 Å². The summed E-state index contributed by atoms with van der Waals surface area (Å²) in [7, 11) is 1.51. The van der Waals surface area contributed by atoms with E-state index < -0.39 is 11.9 Å². The van der Waals surface area contributed by atoms with E-state index in [1.807, 2.05) is 60.7 Å². The van der Waals surface area contributed by atoms with Gasteiger partial charge in [-0.2, -0.15) is 0 Å². The molecule has 0 aliphatic heterocycles. The van der Waals surface area contributed by atoms with Gasteiger partial charge in [0.05, 0.1) is 5.56 Å². The van der Waals surface area contributed by atoms with Gasteiger partial charge < -0.3 is 14.8 Å². The molecule has 6 nitrogen and oxygen atoms in total. The monoisotopic (exact) mass is 455 g/mol. The van der Waals surface area contributed by atoms with Crippen molar-refractivity contribution in [2.75, 3.05) is 7.05 Å². The Kier molecular flexibility index (Phi) is 8.93. The maximum atomic E-state index is 12.6. The van der Waals surface area contributed by atoms with Crippen LogP contribution < -0.4 is 5.32 Å². The van der Waals surface area contributed by atoms with E-state index in [4.69, 9.17) is 9.47 Å². The zero-order chi connectivity index (χ0) is 24.2. The quantitative estimate of drug-likeness (QED) is 0.378. The molecule has 0 saturated heterocycles. The number of carbonyl (C=O) groups excluding carboxylic acids is 3. The van der Waals surface area contributed by atoms with Crippen LogP contribution in [0.15, 0.2) is 91.0 Å². The van der Waals surface area contributed by atoms with E-state index in [1.54, 1.807) is 18.2 Å². The van der Waals surface area contributed by atoms with Crippen molar-refractivity contribution < 1.29 is 23.9 Å². The summed E-state index contributed by atoms with van der Waals surface area (Å²) >= 11 is 0. The molecule has 172 valence electrons. The van der Waals surface area contributed by atoms with Crippen LogP contribution in [0.4, 0.5) is 0 Å². The first kappa shape index (κ1) is 24.2. The molecule has 0 atom stereocenters. The highest BCUT2D eigenvalue weighted by molar-refractivity contribution is 6.03. The molecule has 1 N–H and O–H groups in total. The Morgan fingerprint density at radius 1 is 0.676 bits per heavy atom. The lowest BCUT2D eigenvalue weighted by Gasteiger charge is -2.09. The minimum Gasteiger partial charge on any atom is -0.458 e. The van der Waals surface area contributed by atoms with Gasteiger partial charge in [-0.25, -0.2) is 9.59 Å². The average Bonchev–Trinajstić information content (AvgIpc) is 2.89. The van der Waals surface area contributed by atoms with Crippen LogP contribution in [0.5, 0.6) is 0 Å². The Balaban J connectivity index is 1.70. The van der Waals surface area contributed by atoms with Crippen LogP contribution in [0.2, 0.25) is 0 Å². The summed E-state index contributed by atoms with van der Waals surface area (Å²) in [6.45, 7) is 0.306. The van der Waals surface area contributed by atoms with Gasteiger partial charge in [-0.15, -0.1) is 0 Å². The van der Waals surface area contributed by atoms with Gasteiger partial charge in [0, 0.05) is 19.2 Å². The first-order chi connectivity index (χ1) is 16.6. The summed E-state index contributed by atoms with van der Waals surface area (Å²) in [5.41, 5.74) is 3.10. The van der Waals surface area contributed by atoms with Crippen LogP contribution in [-0.4, -0.2) is 24.9 Å². The smallest absolute Gasteiger partial charge is 0.331 e. The standard InChI is InChI=1S/C28H25NO5/c1-29-28(32)27-23(15-17-25(30)33-19-21-9-4-2-5-10-21)13-8-14-24(27)16-18-26(31)34-20-22-11-6-3-7-12-22/h2-18H,19-20H2,1H3,(H,29,32)/b17-15+,18-16+. The third-order valence-corrected chi connectivity index (χ3v) is 4.83. The third kappa shape index (κ3) is 7.31. The molecule has 0 radical (unpaired) electrons. The summed E-state index contributed by atoms with van der Waals surface area (Å²) in [6.07, 6.45) is 5.57. The van der Waals surface area contributed by atoms with Crippen molar-refractivity contribution in [3.8, 4) is 0 Å². The van der Waals surface area contributed by atoms with Crippen LogP contribution in [0, 0.1) is 0 Å². The van der Waals surface area contributed by atoms with E-state index >= 15 is 0 Å². The zero-order valence-corrected chi connectivity index (χ0v) is 18.8. The molecule has 0 heterocycles. The SMILES string of the molecule is CNC(=O)c1c(/C=C/C(=O)OCc2ccccc2)cccc1/C=C/C(=O)OCc1ccccc1. The molecule has 0 aliphatic carbocycles. The Bertz CT molecular complexity index is 1100. The molecule has 0 aliphatic rings. The summed E-state index contributed by atoms with van der Waals surface area (Å²) in [4.78, 5) is 36.8. The van der Waals surface area contributed by atoms with Gasteiger partial charge in [-0.1, -0.05) is 78.9 Å². The van der Waals surface area contributed by atoms with Gasteiger partial charge in [0.15, 0.2) is 0 Å². The number of benzene rings is 3. The predicted octanol–water partition coefficient (Wildman–Crippen LogP) is 4.56. The molecule has 0 unspecified atom stereocenters. The first-order valence-corrected chi connectivity index (χ1v) is 10.7. The van der Waals surface area contributed by atoms with Crippen LogP contribution >= 0.6 is 0 Å². The molecule has 3 rings (SSSR count). The molecule has 1 amide bonds. The summed E-state index contributed by atoms with van der Waals surface area (Å²) < 4.78 is 10.5. The average molecular weight is 456 g/mol. The van der Waals surface area contributed by atoms with Gasteiger partial charge >= 0.3 is 11.9 Å². The van der Waals surface area contributed by atoms with Crippen molar-refractivity contribution in [1.82, 2.24) is 5.32 Å². The predicted molar refractivity (Wildman–Crippen MR) is 130 cm³/mol. The van der Waals surface area contributed by atoms with Crippen molar-refractivity contribution in [1.29, 1.82) is 0 Å². The molecule has 0 fully saturated rings. The molecular weight excluding hydrogens is 430 g/mol. The normalized spacial score (nSPS) is 10.9. The van der Waals surface area contributed by atoms with Crippen LogP contribution in [-0.2, 0) is 32.3 Å². The number of hydrogen-bond acceptors (Lipinski definition) is 5. The minimum atomic E-state index is -0.530. The molecule has 6 heteroatoms. The highest BCUT2D eigenvalue weighted by atomic mass is 16.5.